The number of hydrogen-bond acceptors (Lipinski definition) is 4. The summed E-state index contributed by atoms with van der Waals surface area (Å²) in [5.41, 5.74) is 1.29. The minimum atomic E-state index is -0.463. The van der Waals surface area contributed by atoms with Crippen molar-refractivity contribution in [1.82, 2.24) is 15.2 Å². The molecule has 0 aliphatic rings. The molecule has 0 saturated heterocycles. The lowest BCUT2D eigenvalue weighted by Gasteiger charge is -2.03. The molecule has 0 aliphatic heterocycles. The van der Waals surface area contributed by atoms with Gasteiger partial charge in [0.15, 0.2) is 0 Å². The van der Waals surface area contributed by atoms with E-state index in [4.69, 9.17) is 16.3 Å². The zero-order chi connectivity index (χ0) is 18.4. The summed E-state index contributed by atoms with van der Waals surface area (Å²) >= 11 is 7.16. The molecule has 0 aliphatic carbocycles. The molecule has 3 aromatic rings. The van der Waals surface area contributed by atoms with E-state index >= 15 is 0 Å². The highest BCUT2D eigenvalue weighted by molar-refractivity contribution is 7.98. The normalized spacial score (nSPS) is 11.0. The van der Waals surface area contributed by atoms with Gasteiger partial charge in [0, 0.05) is 22.8 Å². The van der Waals surface area contributed by atoms with Crippen molar-refractivity contribution in [3.05, 3.63) is 76.1 Å². The number of benzene rings is 2. The van der Waals surface area contributed by atoms with Crippen LogP contribution in [0.1, 0.15) is 17.0 Å². The zero-order valence-corrected chi connectivity index (χ0v) is 15.3. The van der Waals surface area contributed by atoms with Gasteiger partial charge in [0.2, 0.25) is 5.16 Å². The molecular weight excluding hydrogens is 380 g/mol. The number of aromatic nitrogens is 3. The molecule has 3 rings (SSSR count). The Labute approximate surface area is 158 Å². The number of H-pyrrole nitrogens is 1. The van der Waals surface area contributed by atoms with Gasteiger partial charge in [-0.15, -0.1) is 5.10 Å². The quantitative estimate of drug-likeness (QED) is 0.440. The highest BCUT2D eigenvalue weighted by atomic mass is 35.5. The molecular formula is C18H16ClF2N3OS. The molecule has 1 N–H and O–H groups in total. The first-order valence-corrected chi connectivity index (χ1v) is 9.27. The molecule has 26 heavy (non-hydrogen) atoms. The van der Waals surface area contributed by atoms with Crippen LogP contribution in [0.5, 0.6) is 0 Å². The lowest BCUT2D eigenvalue weighted by molar-refractivity contribution is 0.122. The van der Waals surface area contributed by atoms with E-state index in [9.17, 15) is 8.78 Å². The topological polar surface area (TPSA) is 50.8 Å². The van der Waals surface area contributed by atoms with Crippen LogP contribution in [-0.2, 0) is 23.5 Å². The Morgan fingerprint density at radius 3 is 2.88 bits per heavy atom. The Hall–Kier alpha value is -1.96. The van der Waals surface area contributed by atoms with Crippen LogP contribution in [0.3, 0.4) is 0 Å². The van der Waals surface area contributed by atoms with Crippen molar-refractivity contribution in [2.24, 2.45) is 0 Å². The fraction of sp³-hybridized carbons (Fsp3) is 0.222. The molecule has 8 heteroatoms. The van der Waals surface area contributed by atoms with Crippen LogP contribution in [-0.4, -0.2) is 21.8 Å². The summed E-state index contributed by atoms with van der Waals surface area (Å²) in [6.07, 6.45) is 0.572. The number of nitrogens with zero attached hydrogens (tertiary/aromatic N) is 2. The average molecular weight is 396 g/mol. The van der Waals surface area contributed by atoms with Gasteiger partial charge in [0.25, 0.3) is 0 Å². The van der Waals surface area contributed by atoms with Gasteiger partial charge in [0.1, 0.15) is 17.5 Å². The monoisotopic (exact) mass is 395 g/mol. The van der Waals surface area contributed by atoms with Gasteiger partial charge >= 0.3 is 0 Å². The van der Waals surface area contributed by atoms with E-state index in [0.29, 0.717) is 35.6 Å². The van der Waals surface area contributed by atoms with E-state index in [2.05, 4.69) is 15.2 Å². The number of nitrogens with one attached hydrogen (secondary N) is 1. The van der Waals surface area contributed by atoms with Gasteiger partial charge < -0.3 is 4.74 Å². The second kappa shape index (κ2) is 9.12. The minimum Gasteiger partial charge on any atom is -0.376 e. The molecule has 1 heterocycles. The molecule has 2 aromatic carbocycles. The van der Waals surface area contributed by atoms with Gasteiger partial charge in [-0.3, -0.25) is 5.10 Å². The number of ether oxygens (including phenoxy) is 1. The van der Waals surface area contributed by atoms with E-state index in [0.717, 1.165) is 17.7 Å². The van der Waals surface area contributed by atoms with E-state index in [1.165, 1.54) is 17.8 Å². The number of rotatable bonds is 8. The van der Waals surface area contributed by atoms with Gasteiger partial charge in [-0.25, -0.2) is 13.8 Å². The highest BCUT2D eigenvalue weighted by Crippen LogP contribution is 2.21. The molecule has 0 spiro atoms. The summed E-state index contributed by atoms with van der Waals surface area (Å²) in [6.45, 7) is 0.944. The van der Waals surface area contributed by atoms with Crippen molar-refractivity contribution in [2.45, 2.75) is 23.9 Å². The number of halogens is 3. The number of aromatic amines is 1. The maximum Gasteiger partial charge on any atom is 0.208 e. The van der Waals surface area contributed by atoms with E-state index in [-0.39, 0.29) is 11.3 Å². The van der Waals surface area contributed by atoms with Crippen LogP contribution < -0.4 is 0 Å². The van der Waals surface area contributed by atoms with Crippen molar-refractivity contribution in [1.29, 1.82) is 0 Å². The largest absolute Gasteiger partial charge is 0.376 e. The van der Waals surface area contributed by atoms with Crippen molar-refractivity contribution >= 4 is 23.4 Å². The third-order valence-electron chi connectivity index (χ3n) is 3.52. The number of thioether (sulfide) groups is 1. The van der Waals surface area contributed by atoms with Gasteiger partial charge in [-0.1, -0.05) is 35.5 Å². The van der Waals surface area contributed by atoms with Crippen molar-refractivity contribution in [3.8, 4) is 0 Å². The maximum atomic E-state index is 13.6. The first-order valence-electron chi connectivity index (χ1n) is 7.90. The first kappa shape index (κ1) is 18.8. The highest BCUT2D eigenvalue weighted by Gasteiger charge is 2.08. The zero-order valence-electron chi connectivity index (χ0n) is 13.7. The Morgan fingerprint density at radius 2 is 2.04 bits per heavy atom. The van der Waals surface area contributed by atoms with Gasteiger partial charge in [-0.05, 0) is 35.9 Å². The van der Waals surface area contributed by atoms with Crippen molar-refractivity contribution in [3.63, 3.8) is 0 Å². The molecule has 0 fully saturated rings. The molecule has 0 unspecified atom stereocenters. The SMILES string of the molecule is Fc1ccc(F)c(CSc2n[nH]c(CCOCc3cccc(Cl)c3)n2)c1. The third-order valence-corrected chi connectivity index (χ3v) is 4.65. The third kappa shape index (κ3) is 5.52. The molecule has 0 saturated carbocycles. The minimum absolute atomic E-state index is 0.256. The summed E-state index contributed by atoms with van der Waals surface area (Å²) in [5, 5.41) is 8.06. The van der Waals surface area contributed by atoms with Crippen LogP contribution in [0.25, 0.3) is 0 Å². The van der Waals surface area contributed by atoms with Crippen molar-refractivity contribution in [2.75, 3.05) is 6.61 Å². The molecule has 0 amide bonds. The molecule has 0 radical (unpaired) electrons. The predicted octanol–water partition coefficient (Wildman–Crippen LogP) is 4.79. The molecule has 1 aromatic heterocycles. The van der Waals surface area contributed by atoms with E-state index in [1.54, 1.807) is 0 Å². The molecule has 0 atom stereocenters. The molecule has 136 valence electrons. The maximum absolute atomic E-state index is 13.6. The summed E-state index contributed by atoms with van der Waals surface area (Å²) in [6, 6.07) is 10.9. The van der Waals surface area contributed by atoms with E-state index < -0.39 is 11.6 Å². The Morgan fingerprint density at radius 1 is 1.15 bits per heavy atom. The Balaban J connectivity index is 1.43. The van der Waals surface area contributed by atoms with E-state index in [1.807, 2.05) is 24.3 Å². The van der Waals surface area contributed by atoms with Crippen LogP contribution >= 0.6 is 23.4 Å². The number of hydrogen-bond donors (Lipinski definition) is 1. The molecule has 4 nitrogen and oxygen atoms in total. The lowest BCUT2D eigenvalue weighted by atomic mass is 10.2. The van der Waals surface area contributed by atoms with Crippen LogP contribution in [0.2, 0.25) is 5.02 Å². The standard InChI is InChI=1S/C18H16ClF2N3OS/c19-14-3-1-2-12(8-14)10-25-7-6-17-22-18(24-23-17)26-11-13-9-15(20)4-5-16(13)21/h1-5,8-9H,6-7,10-11H2,(H,22,23,24). The van der Waals surface area contributed by atoms with Crippen LogP contribution in [0, 0.1) is 11.6 Å². The predicted molar refractivity (Wildman–Crippen MR) is 97.1 cm³/mol. The summed E-state index contributed by atoms with van der Waals surface area (Å²) < 4.78 is 32.4. The van der Waals surface area contributed by atoms with Crippen LogP contribution in [0.15, 0.2) is 47.6 Å². The summed E-state index contributed by atoms with van der Waals surface area (Å²) in [7, 11) is 0. The van der Waals surface area contributed by atoms with Gasteiger partial charge in [0.05, 0.1) is 13.2 Å². The van der Waals surface area contributed by atoms with Crippen LogP contribution in [0.4, 0.5) is 8.78 Å². The average Bonchev–Trinajstić information content (AvgIpc) is 3.07. The second-order valence-corrected chi connectivity index (χ2v) is 6.90. The smallest absolute Gasteiger partial charge is 0.208 e. The Kier molecular flexibility index (Phi) is 6.60. The Bertz CT molecular complexity index is 875. The fourth-order valence-corrected chi connectivity index (χ4v) is 3.24. The first-order chi connectivity index (χ1) is 12.6. The lowest BCUT2D eigenvalue weighted by Crippen LogP contribution is -2.00. The fourth-order valence-electron chi connectivity index (χ4n) is 2.24. The van der Waals surface area contributed by atoms with Gasteiger partial charge in [-0.2, -0.15) is 0 Å². The molecule has 0 bridgehead atoms. The summed E-state index contributed by atoms with van der Waals surface area (Å²) in [5.74, 6) is 0.0310. The van der Waals surface area contributed by atoms with Crippen molar-refractivity contribution < 1.29 is 13.5 Å². The second-order valence-electron chi connectivity index (χ2n) is 5.52. The summed E-state index contributed by atoms with van der Waals surface area (Å²) in [4.78, 5) is 4.32.